The third-order valence-corrected chi connectivity index (χ3v) is 4.97. The lowest BCUT2D eigenvalue weighted by molar-refractivity contribution is 0.0779. The SMILES string of the molecule is CC(C)NCC1(CN2CCCC(CO)C2)CCCC1. The average Bonchev–Trinajstić information content (AvgIpc) is 2.86. The van der Waals surface area contributed by atoms with E-state index in [0.717, 1.165) is 6.54 Å². The molecular weight excluding hydrogens is 236 g/mol. The van der Waals surface area contributed by atoms with Crippen molar-refractivity contribution in [1.82, 2.24) is 10.2 Å². The average molecular weight is 268 g/mol. The zero-order valence-corrected chi connectivity index (χ0v) is 12.8. The first-order valence-corrected chi connectivity index (χ1v) is 8.20. The third kappa shape index (κ3) is 4.44. The summed E-state index contributed by atoms with van der Waals surface area (Å²) >= 11 is 0. The van der Waals surface area contributed by atoms with E-state index >= 15 is 0 Å². The van der Waals surface area contributed by atoms with Gasteiger partial charge in [-0.1, -0.05) is 26.7 Å². The number of aliphatic hydroxyl groups excluding tert-OH is 1. The summed E-state index contributed by atoms with van der Waals surface area (Å²) in [4.78, 5) is 2.62. The lowest BCUT2D eigenvalue weighted by Gasteiger charge is -2.40. The van der Waals surface area contributed by atoms with E-state index in [0.29, 0.717) is 24.0 Å². The van der Waals surface area contributed by atoms with Crippen LogP contribution in [0.15, 0.2) is 0 Å². The van der Waals surface area contributed by atoms with E-state index < -0.39 is 0 Å². The smallest absolute Gasteiger partial charge is 0.0471 e. The Morgan fingerprint density at radius 3 is 2.63 bits per heavy atom. The maximum Gasteiger partial charge on any atom is 0.0471 e. The first-order chi connectivity index (χ1) is 9.13. The minimum absolute atomic E-state index is 0.369. The van der Waals surface area contributed by atoms with Crippen molar-refractivity contribution in [1.29, 1.82) is 0 Å². The Morgan fingerprint density at radius 1 is 1.26 bits per heavy atom. The Balaban J connectivity index is 1.88. The van der Waals surface area contributed by atoms with Crippen LogP contribution < -0.4 is 5.32 Å². The Kier molecular flexibility index (Phi) is 5.67. The van der Waals surface area contributed by atoms with Gasteiger partial charge in [0.1, 0.15) is 0 Å². The highest BCUT2D eigenvalue weighted by Gasteiger charge is 2.36. The van der Waals surface area contributed by atoms with Crippen LogP contribution in [-0.4, -0.2) is 48.8 Å². The molecule has 0 radical (unpaired) electrons. The molecule has 2 rings (SSSR count). The molecule has 1 unspecified atom stereocenters. The maximum absolute atomic E-state index is 9.37. The predicted octanol–water partition coefficient (Wildman–Crippen LogP) is 2.25. The summed E-state index contributed by atoms with van der Waals surface area (Å²) in [6.45, 7) is 9.61. The highest BCUT2D eigenvalue weighted by molar-refractivity contribution is 4.91. The van der Waals surface area contributed by atoms with Crippen LogP contribution in [0.5, 0.6) is 0 Å². The summed E-state index contributed by atoms with van der Waals surface area (Å²) < 4.78 is 0. The molecule has 1 atom stereocenters. The molecule has 0 aromatic heterocycles. The van der Waals surface area contributed by atoms with Crippen LogP contribution in [0.1, 0.15) is 52.4 Å². The van der Waals surface area contributed by atoms with Crippen LogP contribution in [-0.2, 0) is 0 Å². The van der Waals surface area contributed by atoms with Gasteiger partial charge in [-0.15, -0.1) is 0 Å². The van der Waals surface area contributed by atoms with Gasteiger partial charge in [0.25, 0.3) is 0 Å². The van der Waals surface area contributed by atoms with Gasteiger partial charge in [0.05, 0.1) is 0 Å². The minimum Gasteiger partial charge on any atom is -0.396 e. The summed E-state index contributed by atoms with van der Waals surface area (Å²) in [7, 11) is 0. The van der Waals surface area contributed by atoms with Crippen molar-refractivity contribution < 1.29 is 5.11 Å². The van der Waals surface area contributed by atoms with Crippen LogP contribution in [0.25, 0.3) is 0 Å². The van der Waals surface area contributed by atoms with Gasteiger partial charge in [-0.25, -0.2) is 0 Å². The van der Waals surface area contributed by atoms with Gasteiger partial charge in [0.15, 0.2) is 0 Å². The molecular formula is C16H32N2O. The third-order valence-electron chi connectivity index (χ3n) is 4.97. The molecule has 0 aromatic rings. The molecule has 2 aliphatic rings. The Hall–Kier alpha value is -0.120. The second-order valence-corrected chi connectivity index (χ2v) is 7.17. The molecule has 0 aromatic carbocycles. The van der Waals surface area contributed by atoms with Crippen molar-refractivity contribution in [2.24, 2.45) is 11.3 Å². The van der Waals surface area contributed by atoms with Crippen molar-refractivity contribution >= 4 is 0 Å². The Bertz CT molecular complexity index is 261. The molecule has 0 bridgehead atoms. The highest BCUT2D eigenvalue weighted by atomic mass is 16.3. The van der Waals surface area contributed by atoms with E-state index in [1.165, 1.54) is 58.2 Å². The molecule has 2 fully saturated rings. The number of hydrogen-bond acceptors (Lipinski definition) is 3. The molecule has 2 N–H and O–H groups in total. The quantitative estimate of drug-likeness (QED) is 0.775. The summed E-state index contributed by atoms with van der Waals surface area (Å²) in [5, 5.41) is 13.0. The molecule has 1 heterocycles. The summed E-state index contributed by atoms with van der Waals surface area (Å²) in [5.41, 5.74) is 0.502. The number of rotatable bonds is 6. The number of nitrogens with zero attached hydrogens (tertiary/aromatic N) is 1. The van der Waals surface area contributed by atoms with Crippen molar-refractivity contribution in [3.8, 4) is 0 Å². The second kappa shape index (κ2) is 7.05. The molecule has 0 amide bonds. The molecule has 3 heteroatoms. The van der Waals surface area contributed by atoms with E-state index in [4.69, 9.17) is 0 Å². The fourth-order valence-electron chi connectivity index (χ4n) is 3.85. The number of likely N-dealkylation sites (tertiary alicyclic amines) is 1. The van der Waals surface area contributed by atoms with Gasteiger partial charge in [0, 0.05) is 32.3 Å². The minimum atomic E-state index is 0.369. The molecule has 1 aliphatic carbocycles. The Labute approximate surface area is 118 Å². The molecule has 0 spiro atoms. The van der Waals surface area contributed by atoms with Crippen molar-refractivity contribution in [2.75, 3.05) is 32.8 Å². The van der Waals surface area contributed by atoms with Gasteiger partial charge >= 0.3 is 0 Å². The lowest BCUT2D eigenvalue weighted by Crippen LogP contribution is -2.47. The van der Waals surface area contributed by atoms with E-state index in [1.54, 1.807) is 0 Å². The van der Waals surface area contributed by atoms with Gasteiger partial charge in [-0.2, -0.15) is 0 Å². The molecule has 112 valence electrons. The topological polar surface area (TPSA) is 35.5 Å². The first-order valence-electron chi connectivity index (χ1n) is 8.20. The zero-order chi connectivity index (χ0) is 13.7. The van der Waals surface area contributed by atoms with Gasteiger partial charge in [-0.05, 0) is 43.6 Å². The fraction of sp³-hybridized carbons (Fsp3) is 1.00. The van der Waals surface area contributed by atoms with Crippen LogP contribution in [0, 0.1) is 11.3 Å². The molecule has 3 nitrogen and oxygen atoms in total. The van der Waals surface area contributed by atoms with Gasteiger partial charge in [0.2, 0.25) is 0 Å². The van der Waals surface area contributed by atoms with Crippen molar-refractivity contribution in [3.63, 3.8) is 0 Å². The monoisotopic (exact) mass is 268 g/mol. The van der Waals surface area contributed by atoms with E-state index in [2.05, 4.69) is 24.1 Å². The number of piperidine rings is 1. The molecule has 1 saturated carbocycles. The van der Waals surface area contributed by atoms with Crippen LogP contribution in [0.2, 0.25) is 0 Å². The molecule has 1 aliphatic heterocycles. The second-order valence-electron chi connectivity index (χ2n) is 7.17. The normalized spacial score (nSPS) is 28.1. The van der Waals surface area contributed by atoms with Crippen LogP contribution in [0.3, 0.4) is 0 Å². The Morgan fingerprint density at radius 2 is 2.00 bits per heavy atom. The summed E-state index contributed by atoms with van der Waals surface area (Å²) in [5.74, 6) is 0.519. The largest absolute Gasteiger partial charge is 0.396 e. The van der Waals surface area contributed by atoms with Crippen molar-refractivity contribution in [3.05, 3.63) is 0 Å². The van der Waals surface area contributed by atoms with E-state index in [9.17, 15) is 5.11 Å². The van der Waals surface area contributed by atoms with E-state index in [1.807, 2.05) is 0 Å². The van der Waals surface area contributed by atoms with Gasteiger partial charge in [-0.3, -0.25) is 0 Å². The van der Waals surface area contributed by atoms with E-state index in [-0.39, 0.29) is 0 Å². The van der Waals surface area contributed by atoms with Crippen molar-refractivity contribution in [2.45, 2.75) is 58.4 Å². The zero-order valence-electron chi connectivity index (χ0n) is 12.8. The molecule has 19 heavy (non-hydrogen) atoms. The first kappa shape index (κ1) is 15.3. The highest BCUT2D eigenvalue weighted by Crippen LogP contribution is 2.39. The van der Waals surface area contributed by atoms with Crippen LogP contribution >= 0.6 is 0 Å². The fourth-order valence-corrected chi connectivity index (χ4v) is 3.85. The molecule has 1 saturated heterocycles. The van der Waals surface area contributed by atoms with Gasteiger partial charge < -0.3 is 15.3 Å². The number of hydrogen-bond donors (Lipinski definition) is 2. The maximum atomic E-state index is 9.37. The standard InChI is InChI=1S/C16H32N2O/c1-14(2)17-12-16(7-3-4-8-16)13-18-9-5-6-15(10-18)11-19/h14-15,17,19H,3-13H2,1-2H3. The summed E-state index contributed by atoms with van der Waals surface area (Å²) in [6, 6.07) is 0.587. The number of aliphatic hydroxyl groups is 1. The van der Waals surface area contributed by atoms with Crippen LogP contribution in [0.4, 0.5) is 0 Å². The summed E-state index contributed by atoms with van der Waals surface area (Å²) in [6.07, 6.45) is 8.04. The number of nitrogens with one attached hydrogen (secondary N) is 1. The predicted molar refractivity (Wildman–Crippen MR) is 80.3 cm³/mol. The lowest BCUT2D eigenvalue weighted by atomic mass is 9.84.